The second-order valence-corrected chi connectivity index (χ2v) is 3.76. The van der Waals surface area contributed by atoms with Crippen LogP contribution in [0, 0.1) is 0 Å². The van der Waals surface area contributed by atoms with Gasteiger partial charge in [0.15, 0.2) is 0 Å². The van der Waals surface area contributed by atoms with Crippen molar-refractivity contribution in [3.8, 4) is 0 Å². The molecule has 0 atom stereocenters. The van der Waals surface area contributed by atoms with E-state index in [9.17, 15) is 0 Å². The number of aromatic nitrogens is 1. The van der Waals surface area contributed by atoms with E-state index < -0.39 is 0 Å². The van der Waals surface area contributed by atoms with Crippen LogP contribution in [0.3, 0.4) is 0 Å². The van der Waals surface area contributed by atoms with Crippen LogP contribution in [-0.2, 0) is 6.54 Å². The number of allylic oxidation sites excluding steroid dienone is 1. The number of nitrogens with two attached hydrogens (primary N) is 1. The lowest BCUT2D eigenvalue weighted by molar-refractivity contribution is 0.671. The number of rotatable bonds is 4. The molecule has 0 spiro atoms. The quantitative estimate of drug-likeness (QED) is 0.458. The first-order valence-electron chi connectivity index (χ1n) is 5.26. The minimum absolute atomic E-state index is 0.825. The lowest BCUT2D eigenvalue weighted by atomic mass is 10.2. The van der Waals surface area contributed by atoms with Crippen LogP contribution in [0.4, 0.5) is 5.69 Å². The predicted octanol–water partition coefficient (Wildman–Crippen LogP) is 3.19. The van der Waals surface area contributed by atoms with Gasteiger partial charge in [-0.3, -0.25) is 0 Å². The molecule has 0 radical (unpaired) electrons. The van der Waals surface area contributed by atoms with E-state index in [4.69, 9.17) is 5.73 Å². The molecule has 78 valence electrons. The molecule has 1 aromatic heterocycles. The van der Waals surface area contributed by atoms with Gasteiger partial charge in [-0.2, -0.15) is 0 Å². The van der Waals surface area contributed by atoms with Gasteiger partial charge in [0.25, 0.3) is 0 Å². The standard InChI is InChI=1S/C13H16N2/c1-2-3-4-8-15-9-7-11-10-12(14)5-6-13(11)15/h2,5-7,9-10H,1,3-4,8,14H2. The molecule has 1 heterocycles. The number of nitrogen functional groups attached to an aromatic ring is 1. The topological polar surface area (TPSA) is 30.9 Å². The van der Waals surface area contributed by atoms with Crippen molar-refractivity contribution >= 4 is 16.6 Å². The van der Waals surface area contributed by atoms with Crippen molar-refractivity contribution in [1.82, 2.24) is 4.57 Å². The molecule has 0 aliphatic rings. The Morgan fingerprint density at radius 3 is 3.00 bits per heavy atom. The zero-order valence-corrected chi connectivity index (χ0v) is 8.82. The summed E-state index contributed by atoms with van der Waals surface area (Å²) in [5.41, 5.74) is 7.82. The molecular weight excluding hydrogens is 184 g/mol. The first-order chi connectivity index (χ1) is 7.31. The number of hydrogen-bond donors (Lipinski definition) is 1. The lowest BCUT2D eigenvalue weighted by Gasteiger charge is -2.04. The van der Waals surface area contributed by atoms with Gasteiger partial charge in [-0.05, 0) is 37.1 Å². The summed E-state index contributed by atoms with van der Waals surface area (Å²) in [5, 5.41) is 1.22. The van der Waals surface area contributed by atoms with E-state index in [2.05, 4.69) is 29.5 Å². The zero-order chi connectivity index (χ0) is 10.7. The number of unbranched alkanes of at least 4 members (excludes halogenated alkanes) is 1. The average molecular weight is 200 g/mol. The van der Waals surface area contributed by atoms with Crippen LogP contribution in [0.15, 0.2) is 43.1 Å². The molecule has 0 fully saturated rings. The van der Waals surface area contributed by atoms with E-state index in [0.29, 0.717) is 0 Å². The minimum atomic E-state index is 0.825. The van der Waals surface area contributed by atoms with Crippen molar-refractivity contribution in [3.05, 3.63) is 43.1 Å². The summed E-state index contributed by atoms with van der Waals surface area (Å²) in [7, 11) is 0. The molecule has 0 aliphatic heterocycles. The molecule has 0 aliphatic carbocycles. The Morgan fingerprint density at radius 2 is 2.20 bits per heavy atom. The number of benzene rings is 1. The highest BCUT2D eigenvalue weighted by molar-refractivity contribution is 5.83. The SMILES string of the molecule is C=CCCCn1ccc2cc(N)ccc21. The van der Waals surface area contributed by atoms with Crippen LogP contribution in [0.1, 0.15) is 12.8 Å². The summed E-state index contributed by atoms with van der Waals surface area (Å²) in [6.07, 6.45) is 6.28. The van der Waals surface area contributed by atoms with Crippen molar-refractivity contribution in [2.75, 3.05) is 5.73 Å². The Hall–Kier alpha value is -1.70. The van der Waals surface area contributed by atoms with Crippen LogP contribution in [0.5, 0.6) is 0 Å². The lowest BCUT2D eigenvalue weighted by Crippen LogP contribution is -1.95. The van der Waals surface area contributed by atoms with Crippen molar-refractivity contribution in [2.45, 2.75) is 19.4 Å². The van der Waals surface area contributed by atoms with E-state index >= 15 is 0 Å². The fraction of sp³-hybridized carbons (Fsp3) is 0.231. The summed E-state index contributed by atoms with van der Waals surface area (Å²) < 4.78 is 2.26. The Kier molecular flexibility index (Phi) is 2.77. The van der Waals surface area contributed by atoms with Crippen LogP contribution in [0.25, 0.3) is 10.9 Å². The van der Waals surface area contributed by atoms with Gasteiger partial charge in [-0.25, -0.2) is 0 Å². The molecular formula is C13H16N2. The van der Waals surface area contributed by atoms with Gasteiger partial charge in [0.05, 0.1) is 0 Å². The van der Waals surface area contributed by atoms with Gasteiger partial charge in [0, 0.05) is 29.3 Å². The molecule has 0 amide bonds. The highest BCUT2D eigenvalue weighted by atomic mass is 14.9. The van der Waals surface area contributed by atoms with Gasteiger partial charge in [-0.1, -0.05) is 6.08 Å². The molecule has 2 aromatic rings. The second kappa shape index (κ2) is 4.22. The molecule has 2 rings (SSSR count). The fourth-order valence-corrected chi connectivity index (χ4v) is 1.82. The number of hydrogen-bond acceptors (Lipinski definition) is 1. The smallest absolute Gasteiger partial charge is 0.0481 e. The maximum absolute atomic E-state index is 5.73. The van der Waals surface area contributed by atoms with Gasteiger partial charge in [-0.15, -0.1) is 6.58 Å². The average Bonchev–Trinajstić information content (AvgIpc) is 2.61. The van der Waals surface area contributed by atoms with Crippen molar-refractivity contribution in [2.24, 2.45) is 0 Å². The van der Waals surface area contributed by atoms with Crippen molar-refractivity contribution in [3.63, 3.8) is 0 Å². The van der Waals surface area contributed by atoms with E-state index in [1.807, 2.05) is 18.2 Å². The summed E-state index contributed by atoms with van der Waals surface area (Å²) in [6.45, 7) is 4.77. The molecule has 1 aromatic carbocycles. The Labute approximate surface area is 90.0 Å². The molecule has 2 heteroatoms. The second-order valence-electron chi connectivity index (χ2n) is 3.76. The summed E-state index contributed by atoms with van der Waals surface area (Å²) in [6, 6.07) is 8.16. The highest BCUT2D eigenvalue weighted by Gasteiger charge is 2.00. The van der Waals surface area contributed by atoms with E-state index in [1.165, 1.54) is 10.9 Å². The molecule has 2 nitrogen and oxygen atoms in total. The van der Waals surface area contributed by atoms with E-state index in [-0.39, 0.29) is 0 Å². The Balaban J connectivity index is 2.24. The number of aryl methyl sites for hydroxylation is 1. The monoisotopic (exact) mass is 200 g/mol. The van der Waals surface area contributed by atoms with Gasteiger partial charge in [0.1, 0.15) is 0 Å². The maximum Gasteiger partial charge on any atom is 0.0481 e. The minimum Gasteiger partial charge on any atom is -0.399 e. The summed E-state index contributed by atoms with van der Waals surface area (Å²) in [5.74, 6) is 0. The first kappa shape index (κ1) is 9.84. The summed E-state index contributed by atoms with van der Waals surface area (Å²) in [4.78, 5) is 0. The van der Waals surface area contributed by atoms with Crippen LogP contribution >= 0.6 is 0 Å². The first-order valence-corrected chi connectivity index (χ1v) is 5.26. The fourth-order valence-electron chi connectivity index (χ4n) is 1.82. The summed E-state index contributed by atoms with van der Waals surface area (Å²) >= 11 is 0. The molecule has 2 N–H and O–H groups in total. The molecule has 0 saturated carbocycles. The third kappa shape index (κ3) is 2.04. The normalized spacial score (nSPS) is 10.7. The number of fused-ring (bicyclic) bond motifs is 1. The maximum atomic E-state index is 5.73. The molecule has 0 saturated heterocycles. The molecule has 15 heavy (non-hydrogen) atoms. The van der Waals surface area contributed by atoms with Gasteiger partial charge < -0.3 is 10.3 Å². The third-order valence-electron chi connectivity index (χ3n) is 2.60. The van der Waals surface area contributed by atoms with E-state index in [0.717, 1.165) is 25.1 Å². The van der Waals surface area contributed by atoms with Crippen molar-refractivity contribution < 1.29 is 0 Å². The van der Waals surface area contributed by atoms with Crippen LogP contribution < -0.4 is 5.73 Å². The zero-order valence-electron chi connectivity index (χ0n) is 8.82. The number of anilines is 1. The molecule has 0 bridgehead atoms. The molecule has 0 unspecified atom stereocenters. The van der Waals surface area contributed by atoms with Gasteiger partial charge in [0.2, 0.25) is 0 Å². The highest BCUT2D eigenvalue weighted by Crippen LogP contribution is 2.19. The van der Waals surface area contributed by atoms with E-state index in [1.54, 1.807) is 0 Å². The van der Waals surface area contributed by atoms with Crippen LogP contribution in [0.2, 0.25) is 0 Å². The number of nitrogens with zero attached hydrogens (tertiary/aromatic N) is 1. The largest absolute Gasteiger partial charge is 0.399 e. The Morgan fingerprint density at radius 1 is 1.33 bits per heavy atom. The van der Waals surface area contributed by atoms with Crippen LogP contribution in [-0.4, -0.2) is 4.57 Å². The van der Waals surface area contributed by atoms with Crippen molar-refractivity contribution in [1.29, 1.82) is 0 Å². The van der Waals surface area contributed by atoms with Gasteiger partial charge >= 0.3 is 0 Å². The third-order valence-corrected chi connectivity index (χ3v) is 2.60. The Bertz CT molecular complexity index is 468. The predicted molar refractivity (Wildman–Crippen MR) is 65.8 cm³/mol.